The lowest BCUT2D eigenvalue weighted by Gasteiger charge is -2.19. The summed E-state index contributed by atoms with van der Waals surface area (Å²) in [4.78, 5) is 40.0. The van der Waals surface area contributed by atoms with Crippen LogP contribution in [0.1, 0.15) is 24.4 Å². The topological polar surface area (TPSA) is 78.0 Å². The molecule has 0 unspecified atom stereocenters. The first-order chi connectivity index (χ1) is 15.4. The Balaban J connectivity index is 1.89. The second kappa shape index (κ2) is 7.63. The Hall–Kier alpha value is -3.39. The van der Waals surface area contributed by atoms with E-state index in [-0.39, 0.29) is 22.8 Å². The summed E-state index contributed by atoms with van der Waals surface area (Å²) >= 11 is 3.49. The second-order valence-electron chi connectivity index (χ2n) is 8.10. The van der Waals surface area contributed by atoms with Crippen LogP contribution in [0.3, 0.4) is 0 Å². The number of anilines is 2. The van der Waals surface area contributed by atoms with E-state index in [4.69, 9.17) is 0 Å². The molecule has 1 fully saturated rings. The molecular weight excluding hydrogens is 472 g/mol. The molecule has 7 nitrogen and oxygen atoms in total. The number of rotatable bonds is 4. The van der Waals surface area contributed by atoms with Gasteiger partial charge in [-0.05, 0) is 55.7 Å². The van der Waals surface area contributed by atoms with E-state index in [0.717, 1.165) is 28.6 Å². The van der Waals surface area contributed by atoms with Gasteiger partial charge in [-0.3, -0.25) is 18.7 Å². The van der Waals surface area contributed by atoms with Crippen molar-refractivity contribution in [3.05, 3.63) is 95.8 Å². The van der Waals surface area contributed by atoms with Crippen LogP contribution in [-0.2, 0) is 7.05 Å². The highest BCUT2D eigenvalue weighted by atomic mass is 79.9. The molecule has 0 spiro atoms. The van der Waals surface area contributed by atoms with Crippen molar-refractivity contribution in [2.45, 2.75) is 25.8 Å². The highest BCUT2D eigenvalue weighted by molar-refractivity contribution is 9.10. The highest BCUT2D eigenvalue weighted by Crippen LogP contribution is 2.33. The summed E-state index contributed by atoms with van der Waals surface area (Å²) in [6.45, 7) is 1.96. The lowest BCUT2D eigenvalue weighted by molar-refractivity contribution is 0.637. The Bertz CT molecular complexity index is 1550. The molecule has 1 aliphatic carbocycles. The van der Waals surface area contributed by atoms with Gasteiger partial charge in [-0.1, -0.05) is 34.1 Å². The van der Waals surface area contributed by atoms with Crippen LogP contribution in [0.15, 0.2) is 73.5 Å². The first-order valence-corrected chi connectivity index (χ1v) is 11.2. The minimum absolute atomic E-state index is 0.116. The summed E-state index contributed by atoms with van der Waals surface area (Å²) in [5.41, 5.74) is 1.88. The van der Waals surface area contributed by atoms with Crippen molar-refractivity contribution in [3.8, 4) is 5.69 Å². The maximum absolute atomic E-state index is 13.6. The zero-order valence-electron chi connectivity index (χ0n) is 17.6. The lowest BCUT2D eigenvalue weighted by Crippen LogP contribution is -2.41. The van der Waals surface area contributed by atoms with Gasteiger partial charge < -0.3 is 5.32 Å². The predicted octanol–water partition coefficient (Wildman–Crippen LogP) is 4.00. The van der Waals surface area contributed by atoms with Crippen molar-refractivity contribution < 1.29 is 0 Å². The van der Waals surface area contributed by atoms with Gasteiger partial charge in [0.25, 0.3) is 11.1 Å². The molecule has 8 heteroatoms. The van der Waals surface area contributed by atoms with Gasteiger partial charge in [-0.15, -0.1) is 0 Å². The van der Waals surface area contributed by atoms with E-state index in [9.17, 15) is 14.4 Å². The molecule has 32 heavy (non-hydrogen) atoms. The maximum Gasteiger partial charge on any atom is 0.337 e. The molecule has 2 aromatic carbocycles. The number of pyridine rings is 1. The third-order valence-electron chi connectivity index (χ3n) is 5.81. The molecule has 2 heterocycles. The largest absolute Gasteiger partial charge is 0.355 e. The molecule has 5 rings (SSSR count). The number of hydrogen-bond donors (Lipinski definition) is 1. The maximum atomic E-state index is 13.6. The molecule has 4 aromatic rings. The predicted molar refractivity (Wildman–Crippen MR) is 129 cm³/mol. The van der Waals surface area contributed by atoms with Crippen molar-refractivity contribution in [1.29, 1.82) is 0 Å². The summed E-state index contributed by atoms with van der Waals surface area (Å²) < 4.78 is 5.12. The van der Waals surface area contributed by atoms with Crippen LogP contribution in [-0.4, -0.2) is 13.7 Å². The molecule has 0 saturated heterocycles. The van der Waals surface area contributed by atoms with Crippen molar-refractivity contribution in [1.82, 2.24) is 13.7 Å². The van der Waals surface area contributed by atoms with Crippen molar-refractivity contribution in [2.75, 3.05) is 5.32 Å². The smallest absolute Gasteiger partial charge is 0.337 e. The minimum atomic E-state index is -0.428. The van der Waals surface area contributed by atoms with Crippen LogP contribution in [0.4, 0.5) is 11.4 Å². The van der Waals surface area contributed by atoms with Gasteiger partial charge in [-0.2, -0.15) is 0 Å². The average Bonchev–Trinajstić information content (AvgIpc) is 3.60. The standard InChI is InChI=1S/C24H21BrN4O3/c1-14-12-15(8-11-18(14)25)26-19-13-20(30)27(2)22-21(19)23(31)29(17-9-10-17)24(32)28(22)16-6-4-3-5-7-16/h3-8,11-13,17,26H,9-10H2,1-2H3. The van der Waals surface area contributed by atoms with Crippen molar-refractivity contribution in [3.63, 3.8) is 0 Å². The first kappa shape index (κ1) is 20.5. The van der Waals surface area contributed by atoms with Gasteiger partial charge in [0.1, 0.15) is 11.0 Å². The van der Waals surface area contributed by atoms with E-state index < -0.39 is 5.69 Å². The molecule has 1 saturated carbocycles. The van der Waals surface area contributed by atoms with Crippen LogP contribution >= 0.6 is 15.9 Å². The number of halogens is 1. The normalized spacial score (nSPS) is 13.5. The third-order valence-corrected chi connectivity index (χ3v) is 6.70. The van der Waals surface area contributed by atoms with Crippen LogP contribution in [0.25, 0.3) is 16.7 Å². The van der Waals surface area contributed by atoms with Gasteiger partial charge in [0, 0.05) is 29.3 Å². The van der Waals surface area contributed by atoms with E-state index in [2.05, 4.69) is 21.2 Å². The molecule has 2 aromatic heterocycles. The number of para-hydroxylation sites is 1. The summed E-state index contributed by atoms with van der Waals surface area (Å²) in [6, 6.07) is 16.1. The molecular formula is C24H21BrN4O3. The third kappa shape index (κ3) is 3.31. The van der Waals surface area contributed by atoms with Crippen LogP contribution in [0.2, 0.25) is 0 Å². The quantitative estimate of drug-likeness (QED) is 0.466. The first-order valence-electron chi connectivity index (χ1n) is 10.4. The fraction of sp³-hybridized carbons (Fsp3) is 0.208. The molecule has 1 N–H and O–H groups in total. The highest BCUT2D eigenvalue weighted by Gasteiger charge is 2.30. The zero-order valence-corrected chi connectivity index (χ0v) is 19.2. The SMILES string of the molecule is Cc1cc(Nc2cc(=O)n(C)c3c2c(=O)n(C2CC2)c(=O)n3-c2ccccc2)ccc1Br. The van der Waals surface area contributed by atoms with Gasteiger partial charge >= 0.3 is 5.69 Å². The van der Waals surface area contributed by atoms with Gasteiger partial charge in [0.15, 0.2) is 0 Å². The molecule has 0 amide bonds. The van der Waals surface area contributed by atoms with Crippen molar-refractivity contribution in [2.24, 2.45) is 7.05 Å². The fourth-order valence-electron chi connectivity index (χ4n) is 4.00. The van der Waals surface area contributed by atoms with E-state index in [1.807, 2.05) is 43.3 Å². The second-order valence-corrected chi connectivity index (χ2v) is 8.96. The number of nitrogens with zero attached hydrogens (tertiary/aromatic N) is 3. The summed E-state index contributed by atoms with van der Waals surface area (Å²) in [6.07, 6.45) is 1.58. The van der Waals surface area contributed by atoms with E-state index in [1.165, 1.54) is 19.8 Å². The summed E-state index contributed by atoms with van der Waals surface area (Å²) in [5, 5.41) is 3.55. The van der Waals surface area contributed by atoms with Crippen LogP contribution in [0, 0.1) is 6.92 Å². The summed E-state index contributed by atoms with van der Waals surface area (Å²) in [5.74, 6) is 0. The van der Waals surface area contributed by atoms with Gasteiger partial charge in [-0.25, -0.2) is 9.36 Å². The van der Waals surface area contributed by atoms with E-state index in [0.29, 0.717) is 16.8 Å². The lowest BCUT2D eigenvalue weighted by atomic mass is 10.2. The zero-order chi connectivity index (χ0) is 22.6. The molecule has 0 atom stereocenters. The van der Waals surface area contributed by atoms with E-state index in [1.54, 1.807) is 19.2 Å². The van der Waals surface area contributed by atoms with E-state index >= 15 is 0 Å². The molecule has 162 valence electrons. The summed E-state index contributed by atoms with van der Waals surface area (Å²) in [7, 11) is 1.58. The van der Waals surface area contributed by atoms with Crippen LogP contribution < -0.4 is 22.1 Å². The van der Waals surface area contributed by atoms with Gasteiger partial charge in [0.2, 0.25) is 0 Å². The molecule has 0 bridgehead atoms. The molecule has 1 aliphatic rings. The molecule has 0 radical (unpaired) electrons. The number of aryl methyl sites for hydroxylation is 2. The average molecular weight is 493 g/mol. The molecule has 0 aliphatic heterocycles. The Morgan fingerprint density at radius 2 is 1.72 bits per heavy atom. The number of benzene rings is 2. The van der Waals surface area contributed by atoms with Crippen LogP contribution in [0.5, 0.6) is 0 Å². The minimum Gasteiger partial charge on any atom is -0.355 e. The Morgan fingerprint density at radius 1 is 1.00 bits per heavy atom. The van der Waals surface area contributed by atoms with Gasteiger partial charge in [0.05, 0.1) is 11.4 Å². The monoisotopic (exact) mass is 492 g/mol. The number of aromatic nitrogens is 3. The number of nitrogens with one attached hydrogen (secondary N) is 1. The fourth-order valence-corrected chi connectivity index (χ4v) is 4.25. The number of fused-ring (bicyclic) bond motifs is 1. The van der Waals surface area contributed by atoms with Crippen molar-refractivity contribution >= 4 is 38.3 Å². The Morgan fingerprint density at radius 3 is 2.38 bits per heavy atom. The number of hydrogen-bond acceptors (Lipinski definition) is 4. The Kier molecular flexibility index (Phi) is 4.89. The Labute approximate surface area is 191 Å².